The Labute approximate surface area is 404 Å². The monoisotopic (exact) mass is 886 g/mol. The molecule has 0 radical (unpaired) electrons. The van der Waals surface area contributed by atoms with Crippen LogP contribution in [0.5, 0.6) is 0 Å². The minimum Gasteiger partial charge on any atom is -0.468 e. The summed E-state index contributed by atoms with van der Waals surface area (Å²) in [6.45, 7) is 12.8. The maximum atomic E-state index is 8.64. The van der Waals surface area contributed by atoms with Gasteiger partial charge in [0, 0.05) is 48.9 Å². The average molecular weight is 887 g/mol. The summed E-state index contributed by atoms with van der Waals surface area (Å²) in [5, 5.41) is 1.98. The molecule has 2 aliphatic rings. The summed E-state index contributed by atoms with van der Waals surface area (Å²) in [4.78, 5) is 7.08. The lowest BCUT2D eigenvalue weighted by Crippen LogP contribution is -2.60. The second-order valence-electron chi connectivity index (χ2n) is 20.5. The highest BCUT2D eigenvalue weighted by molar-refractivity contribution is 6.99. The molecule has 0 saturated heterocycles. The molecular formula is C62H54BN3O2. The van der Waals surface area contributed by atoms with E-state index in [4.69, 9.17) is 12.9 Å². The maximum Gasteiger partial charge on any atom is 0.342 e. The first kappa shape index (κ1) is 38.4. The second kappa shape index (κ2) is 15.4. The predicted molar refractivity (Wildman–Crippen MR) is 287 cm³/mol. The molecule has 2 aliphatic heterocycles. The van der Waals surface area contributed by atoms with E-state index in [0.29, 0.717) is 0 Å². The lowest BCUT2D eigenvalue weighted by atomic mass is 9.37. The van der Waals surface area contributed by atoms with E-state index >= 15 is 0 Å². The van der Waals surface area contributed by atoms with E-state index in [-0.39, 0.29) is 16.4 Å². The SMILES string of the molecule is [2H]C([2H])([2H])c1ccc(N2c3cc(N(c4ccccc4)c4ccccc4)cc4c3B(c3oc5ccc(C(C)(C)C)cc5c3N4c3ccc(C)cc3)c3oc4ccc(C(C)(C)C)cc4c32)c(-c2ccccc2)c1. The first-order valence-corrected chi connectivity index (χ1v) is 23.6. The number of furan rings is 2. The number of rotatable bonds is 6. The van der Waals surface area contributed by atoms with Crippen molar-refractivity contribution in [3.8, 4) is 11.1 Å². The van der Waals surface area contributed by atoms with Gasteiger partial charge < -0.3 is 23.5 Å². The third kappa shape index (κ3) is 6.68. The van der Waals surface area contributed by atoms with Gasteiger partial charge in [0.05, 0.1) is 22.7 Å². The van der Waals surface area contributed by atoms with Crippen LogP contribution in [0.15, 0.2) is 191 Å². The summed E-state index contributed by atoms with van der Waals surface area (Å²) < 4.78 is 40.6. The number of hydrogen-bond acceptors (Lipinski definition) is 5. The summed E-state index contributed by atoms with van der Waals surface area (Å²) >= 11 is 0. The molecule has 68 heavy (non-hydrogen) atoms. The highest BCUT2D eigenvalue weighted by Crippen LogP contribution is 2.53. The van der Waals surface area contributed by atoms with E-state index in [9.17, 15) is 0 Å². The molecular weight excluding hydrogens is 830 g/mol. The van der Waals surface area contributed by atoms with Crippen molar-refractivity contribution < 1.29 is 12.9 Å². The molecule has 5 nitrogen and oxygen atoms in total. The summed E-state index contributed by atoms with van der Waals surface area (Å²) in [7, 11) is 0. The molecule has 4 heterocycles. The van der Waals surface area contributed by atoms with Crippen LogP contribution >= 0.6 is 0 Å². The molecule has 0 amide bonds. The highest BCUT2D eigenvalue weighted by atomic mass is 16.3. The normalized spacial score (nSPS) is 14.0. The Hall–Kier alpha value is -7.70. The van der Waals surface area contributed by atoms with Gasteiger partial charge in [0.1, 0.15) is 22.5 Å². The summed E-state index contributed by atoms with van der Waals surface area (Å²) in [5.41, 5.74) is 17.9. The van der Waals surface area contributed by atoms with Gasteiger partial charge in [-0.15, -0.1) is 0 Å². The molecule has 10 aromatic rings. The van der Waals surface area contributed by atoms with Crippen LogP contribution in [0.3, 0.4) is 0 Å². The topological polar surface area (TPSA) is 36.0 Å². The molecule has 0 N–H and O–H groups in total. The van der Waals surface area contributed by atoms with Gasteiger partial charge in [-0.05, 0) is 132 Å². The van der Waals surface area contributed by atoms with Crippen molar-refractivity contribution in [2.45, 2.75) is 66.1 Å². The van der Waals surface area contributed by atoms with Gasteiger partial charge in [-0.25, -0.2) is 0 Å². The van der Waals surface area contributed by atoms with Gasteiger partial charge >= 0.3 is 6.71 Å². The van der Waals surface area contributed by atoms with Crippen LogP contribution in [0.4, 0.5) is 51.2 Å². The van der Waals surface area contributed by atoms with Gasteiger partial charge in [0.2, 0.25) is 0 Å². The zero-order valence-corrected chi connectivity index (χ0v) is 39.6. The Bertz CT molecular complexity index is 3640. The van der Waals surface area contributed by atoms with Gasteiger partial charge in [-0.2, -0.15) is 0 Å². The van der Waals surface area contributed by atoms with Crippen molar-refractivity contribution in [3.63, 3.8) is 0 Å². The van der Waals surface area contributed by atoms with Crippen molar-refractivity contribution >= 4 is 96.6 Å². The van der Waals surface area contributed by atoms with Crippen molar-refractivity contribution in [1.29, 1.82) is 0 Å². The fraction of sp³-hybridized carbons (Fsp3) is 0.161. The van der Waals surface area contributed by atoms with Crippen molar-refractivity contribution in [3.05, 3.63) is 204 Å². The zero-order valence-electron chi connectivity index (χ0n) is 42.6. The smallest absolute Gasteiger partial charge is 0.342 e. The maximum absolute atomic E-state index is 8.64. The summed E-state index contributed by atoms with van der Waals surface area (Å²) in [6.07, 6.45) is 0. The Morgan fingerprint density at radius 1 is 0.485 bits per heavy atom. The van der Waals surface area contributed by atoms with Gasteiger partial charge in [-0.1, -0.05) is 150 Å². The summed E-state index contributed by atoms with van der Waals surface area (Å²) in [6, 6.07) is 63.4. The molecule has 0 spiro atoms. The largest absolute Gasteiger partial charge is 0.468 e. The molecule has 0 aliphatic carbocycles. The second-order valence-corrected chi connectivity index (χ2v) is 20.5. The highest BCUT2D eigenvalue weighted by Gasteiger charge is 2.50. The average Bonchev–Trinajstić information content (AvgIpc) is 3.93. The van der Waals surface area contributed by atoms with Crippen LogP contribution in [0.2, 0.25) is 0 Å². The quantitative estimate of drug-likeness (QED) is 0.156. The van der Waals surface area contributed by atoms with E-state index in [0.717, 1.165) is 107 Å². The number of hydrogen-bond donors (Lipinski definition) is 0. The molecule has 0 unspecified atom stereocenters. The molecule has 2 aromatic heterocycles. The van der Waals surface area contributed by atoms with Crippen LogP contribution in [0.1, 0.15) is 67.9 Å². The number of aryl methyl sites for hydroxylation is 2. The Kier molecular flexibility index (Phi) is 8.72. The van der Waals surface area contributed by atoms with Crippen molar-refractivity contribution in [1.82, 2.24) is 0 Å². The predicted octanol–water partition coefficient (Wildman–Crippen LogP) is 15.6. The van der Waals surface area contributed by atoms with E-state index in [1.165, 1.54) is 11.1 Å². The first-order valence-electron chi connectivity index (χ1n) is 25.1. The number of para-hydroxylation sites is 2. The van der Waals surface area contributed by atoms with E-state index in [1.807, 2.05) is 30.3 Å². The Morgan fingerprint density at radius 2 is 0.985 bits per heavy atom. The standard InChI is InChI=1S/C62H54BN3O2/c1-39-24-29-46(30-25-39)65-52-37-47(64(44-20-14-10-15-21-44)45-22-16-11-17-23-45)38-53-56(52)63(59-57(65)49-35-42(61(3,4)5)27-32-54(49)67-59)60-58(50-36-43(62(6,7)8)28-33-55(50)68-60)66(53)51-31-26-40(2)34-48(51)41-18-12-9-13-19-41/h9-38H,1-8H3/i2D3. The molecule has 0 fully saturated rings. The minimum absolute atomic E-state index is 0.126. The number of fused-ring (bicyclic) bond motifs is 8. The third-order valence-electron chi connectivity index (χ3n) is 13.9. The van der Waals surface area contributed by atoms with Crippen LogP contribution in [0.25, 0.3) is 33.1 Å². The van der Waals surface area contributed by atoms with Crippen LogP contribution in [-0.4, -0.2) is 6.71 Å². The van der Waals surface area contributed by atoms with Crippen LogP contribution < -0.4 is 31.5 Å². The molecule has 0 bridgehead atoms. The fourth-order valence-electron chi connectivity index (χ4n) is 10.4. The zero-order chi connectivity index (χ0) is 49.1. The molecule has 8 aromatic carbocycles. The molecule has 0 atom stereocenters. The van der Waals surface area contributed by atoms with Crippen molar-refractivity contribution in [2.24, 2.45) is 0 Å². The number of anilines is 9. The van der Waals surface area contributed by atoms with Gasteiger partial charge in [-0.3, -0.25) is 0 Å². The molecule has 332 valence electrons. The van der Waals surface area contributed by atoms with E-state index in [2.05, 4.69) is 209 Å². The molecule has 0 saturated carbocycles. The fourth-order valence-corrected chi connectivity index (χ4v) is 10.4. The van der Waals surface area contributed by atoms with Crippen LogP contribution in [-0.2, 0) is 10.8 Å². The van der Waals surface area contributed by atoms with E-state index in [1.54, 1.807) is 6.07 Å². The first-order chi connectivity index (χ1) is 34.0. The summed E-state index contributed by atoms with van der Waals surface area (Å²) in [5.74, 6) is 0. The molecule has 12 rings (SSSR count). The number of benzene rings is 8. The lowest BCUT2D eigenvalue weighted by molar-refractivity contribution is 0.590. The molecule has 6 heteroatoms. The van der Waals surface area contributed by atoms with Crippen LogP contribution in [0, 0.1) is 13.8 Å². The number of nitrogens with zero attached hydrogens (tertiary/aromatic N) is 3. The van der Waals surface area contributed by atoms with E-state index < -0.39 is 13.6 Å². The third-order valence-corrected chi connectivity index (χ3v) is 13.9. The lowest BCUT2D eigenvalue weighted by Gasteiger charge is -2.42. The minimum atomic E-state index is -2.34. The van der Waals surface area contributed by atoms with Crippen molar-refractivity contribution in [2.75, 3.05) is 14.7 Å². The Balaban J connectivity index is 1.28. The van der Waals surface area contributed by atoms with Gasteiger partial charge in [0.15, 0.2) is 0 Å². The van der Waals surface area contributed by atoms with Gasteiger partial charge in [0.25, 0.3) is 0 Å². The Morgan fingerprint density at radius 3 is 1.51 bits per heavy atom.